The number of aryl methyl sites for hydroxylation is 1. The first kappa shape index (κ1) is 28.8. The predicted molar refractivity (Wildman–Crippen MR) is 148 cm³/mol. The molecule has 0 aliphatic heterocycles. The van der Waals surface area contributed by atoms with Crippen LogP contribution in [0.25, 0.3) is 0 Å². The van der Waals surface area contributed by atoms with Gasteiger partial charge in [-0.25, -0.2) is 0 Å². The molecule has 2 rings (SSSR count). The molecule has 0 bridgehead atoms. The molecular formula is C30H40N2O4. The highest BCUT2D eigenvalue weighted by Crippen LogP contribution is 2.36. The van der Waals surface area contributed by atoms with E-state index in [0.717, 1.165) is 28.9 Å². The Morgan fingerprint density at radius 2 is 1.44 bits per heavy atom. The Bertz CT molecular complexity index is 1180. The van der Waals surface area contributed by atoms with E-state index in [4.69, 9.17) is 4.99 Å². The molecule has 0 saturated heterocycles. The third kappa shape index (κ3) is 6.84. The molecule has 2 aromatic carbocycles. The normalized spacial score (nSPS) is 13.6. The van der Waals surface area contributed by atoms with Crippen LogP contribution in [0.3, 0.4) is 0 Å². The fourth-order valence-electron chi connectivity index (χ4n) is 4.39. The number of nitrogens with one attached hydrogen (secondary N) is 1. The SMILES string of the molecule is CCc1cccc(C(C)C)c1N/C(C)=C(CC(=O)O)\C(C)=N\c1c(C(C)C)cccc1C(C)C(=O)O. The van der Waals surface area contributed by atoms with Crippen molar-refractivity contribution >= 4 is 29.0 Å². The van der Waals surface area contributed by atoms with Gasteiger partial charge in [0, 0.05) is 22.7 Å². The van der Waals surface area contributed by atoms with E-state index in [1.807, 2.05) is 32.9 Å². The molecule has 0 heterocycles. The number of rotatable bonds is 11. The molecule has 0 fully saturated rings. The van der Waals surface area contributed by atoms with Gasteiger partial charge in [0.1, 0.15) is 0 Å². The predicted octanol–water partition coefficient (Wildman–Crippen LogP) is 7.64. The zero-order valence-corrected chi connectivity index (χ0v) is 22.8. The maximum atomic E-state index is 11.9. The maximum Gasteiger partial charge on any atom is 0.310 e. The number of allylic oxidation sites excluding steroid dienone is 1. The summed E-state index contributed by atoms with van der Waals surface area (Å²) in [6.45, 7) is 15.8. The molecule has 1 atom stereocenters. The van der Waals surface area contributed by atoms with E-state index in [2.05, 4.69) is 44.3 Å². The lowest BCUT2D eigenvalue weighted by Gasteiger charge is -2.21. The van der Waals surface area contributed by atoms with Crippen molar-refractivity contribution in [3.8, 4) is 0 Å². The van der Waals surface area contributed by atoms with E-state index >= 15 is 0 Å². The van der Waals surface area contributed by atoms with Crippen molar-refractivity contribution < 1.29 is 19.8 Å². The van der Waals surface area contributed by atoms with Crippen LogP contribution in [0.5, 0.6) is 0 Å². The zero-order valence-electron chi connectivity index (χ0n) is 22.8. The Hall–Kier alpha value is -3.41. The Labute approximate surface area is 215 Å². The summed E-state index contributed by atoms with van der Waals surface area (Å²) in [4.78, 5) is 28.6. The quantitative estimate of drug-likeness (QED) is 0.280. The Morgan fingerprint density at radius 1 is 0.889 bits per heavy atom. The van der Waals surface area contributed by atoms with Crippen molar-refractivity contribution in [1.82, 2.24) is 0 Å². The second-order valence-electron chi connectivity index (χ2n) is 9.89. The van der Waals surface area contributed by atoms with Crippen molar-refractivity contribution in [2.45, 2.75) is 86.0 Å². The third-order valence-corrected chi connectivity index (χ3v) is 6.55. The third-order valence-electron chi connectivity index (χ3n) is 6.55. The van der Waals surface area contributed by atoms with E-state index in [1.54, 1.807) is 19.9 Å². The van der Waals surface area contributed by atoms with E-state index < -0.39 is 17.9 Å². The first-order valence-corrected chi connectivity index (χ1v) is 12.6. The summed E-state index contributed by atoms with van der Waals surface area (Å²) in [5.74, 6) is -2.21. The van der Waals surface area contributed by atoms with Crippen LogP contribution >= 0.6 is 0 Å². The lowest BCUT2D eigenvalue weighted by atomic mass is 9.91. The minimum Gasteiger partial charge on any atom is -0.481 e. The van der Waals surface area contributed by atoms with Crippen molar-refractivity contribution in [3.63, 3.8) is 0 Å². The number of aliphatic imine (C=N–C) groups is 1. The van der Waals surface area contributed by atoms with E-state index in [-0.39, 0.29) is 12.3 Å². The fraction of sp³-hybridized carbons (Fsp3) is 0.433. The minimum atomic E-state index is -0.954. The van der Waals surface area contributed by atoms with Gasteiger partial charge in [0.05, 0.1) is 18.0 Å². The molecule has 1 unspecified atom stereocenters. The molecule has 6 heteroatoms. The molecule has 0 amide bonds. The number of hydrogen-bond donors (Lipinski definition) is 3. The number of aliphatic carboxylic acids is 2. The molecule has 0 saturated carbocycles. The fourth-order valence-corrected chi connectivity index (χ4v) is 4.39. The van der Waals surface area contributed by atoms with Crippen LogP contribution in [0.1, 0.15) is 102 Å². The van der Waals surface area contributed by atoms with Gasteiger partial charge in [0.15, 0.2) is 0 Å². The Balaban J connectivity index is 2.73. The summed E-state index contributed by atoms with van der Waals surface area (Å²) < 4.78 is 0. The number of carboxylic acids is 2. The summed E-state index contributed by atoms with van der Waals surface area (Å²) in [6, 6.07) is 11.8. The van der Waals surface area contributed by atoms with Crippen molar-refractivity contribution in [1.29, 1.82) is 0 Å². The largest absolute Gasteiger partial charge is 0.481 e. The second-order valence-corrected chi connectivity index (χ2v) is 9.89. The Kier molecular flexibility index (Phi) is 10.0. The number of benzene rings is 2. The van der Waals surface area contributed by atoms with Crippen LogP contribution in [0, 0.1) is 0 Å². The maximum absolute atomic E-state index is 11.9. The minimum absolute atomic E-state index is 0.119. The van der Waals surface area contributed by atoms with Gasteiger partial charge in [-0.3, -0.25) is 14.6 Å². The van der Waals surface area contributed by atoms with Gasteiger partial charge < -0.3 is 15.5 Å². The average Bonchev–Trinajstić information content (AvgIpc) is 2.81. The van der Waals surface area contributed by atoms with E-state index in [0.29, 0.717) is 28.5 Å². The van der Waals surface area contributed by atoms with Crippen LogP contribution in [-0.2, 0) is 16.0 Å². The molecule has 0 radical (unpaired) electrons. The summed E-state index contributed by atoms with van der Waals surface area (Å²) in [7, 11) is 0. The van der Waals surface area contributed by atoms with E-state index in [9.17, 15) is 19.8 Å². The van der Waals surface area contributed by atoms with Gasteiger partial charge in [0.25, 0.3) is 0 Å². The smallest absolute Gasteiger partial charge is 0.310 e. The van der Waals surface area contributed by atoms with Crippen molar-refractivity contribution in [2.75, 3.05) is 5.32 Å². The number of para-hydroxylation sites is 2. The van der Waals surface area contributed by atoms with Crippen LogP contribution in [0.2, 0.25) is 0 Å². The summed E-state index contributed by atoms with van der Waals surface area (Å²) in [5, 5.41) is 22.9. The molecule has 0 aliphatic rings. The molecule has 0 aliphatic carbocycles. The molecule has 3 N–H and O–H groups in total. The summed E-state index contributed by atoms with van der Waals surface area (Å²) in [5.41, 5.74) is 7.33. The highest BCUT2D eigenvalue weighted by atomic mass is 16.4. The van der Waals surface area contributed by atoms with Gasteiger partial charge in [-0.05, 0) is 61.3 Å². The number of anilines is 1. The molecular weight excluding hydrogens is 452 g/mol. The zero-order chi connectivity index (χ0) is 27.2. The number of carboxylic acid groups (broad SMARTS) is 2. The number of nitrogens with zero attached hydrogens (tertiary/aromatic N) is 1. The van der Waals surface area contributed by atoms with Crippen molar-refractivity contribution in [2.24, 2.45) is 4.99 Å². The van der Waals surface area contributed by atoms with E-state index in [1.165, 1.54) is 5.56 Å². The first-order valence-electron chi connectivity index (χ1n) is 12.6. The van der Waals surface area contributed by atoms with Gasteiger partial charge in [-0.15, -0.1) is 0 Å². The first-order chi connectivity index (χ1) is 16.9. The van der Waals surface area contributed by atoms with Crippen LogP contribution in [0.4, 0.5) is 11.4 Å². The van der Waals surface area contributed by atoms with Crippen LogP contribution in [0.15, 0.2) is 52.7 Å². The van der Waals surface area contributed by atoms with Gasteiger partial charge >= 0.3 is 11.9 Å². The molecule has 194 valence electrons. The molecule has 6 nitrogen and oxygen atoms in total. The molecule has 0 aromatic heterocycles. The highest BCUT2D eigenvalue weighted by Gasteiger charge is 2.22. The molecule has 0 spiro atoms. The van der Waals surface area contributed by atoms with Gasteiger partial charge in [0.2, 0.25) is 0 Å². The second kappa shape index (κ2) is 12.5. The molecule has 2 aromatic rings. The average molecular weight is 493 g/mol. The summed E-state index contributed by atoms with van der Waals surface area (Å²) in [6.07, 6.45) is 0.642. The van der Waals surface area contributed by atoms with Crippen molar-refractivity contribution in [3.05, 3.63) is 69.9 Å². The van der Waals surface area contributed by atoms with Gasteiger partial charge in [-0.2, -0.15) is 0 Å². The van der Waals surface area contributed by atoms with Crippen LogP contribution in [-0.4, -0.2) is 27.9 Å². The number of hydrogen-bond acceptors (Lipinski definition) is 4. The topological polar surface area (TPSA) is 99.0 Å². The standard InChI is InChI=1S/C30H40N2O4/c1-9-22-12-10-13-23(17(2)3)28(22)31-20(7)26(16-27(33)34)21(8)32-29-24(18(4)5)14-11-15-25(29)19(6)30(35)36/h10-15,17-19,31H,9,16H2,1-8H3,(H,33,34)(H,35,36)/b26-20-,32-21+. The number of carbonyl (C=O) groups is 2. The highest BCUT2D eigenvalue weighted by molar-refractivity contribution is 6.04. The van der Waals surface area contributed by atoms with Crippen LogP contribution < -0.4 is 5.32 Å². The monoisotopic (exact) mass is 492 g/mol. The van der Waals surface area contributed by atoms with Gasteiger partial charge in [-0.1, -0.05) is 71.0 Å². The lowest BCUT2D eigenvalue weighted by Crippen LogP contribution is -2.14. The lowest BCUT2D eigenvalue weighted by molar-refractivity contribution is -0.138. The summed E-state index contributed by atoms with van der Waals surface area (Å²) >= 11 is 0. The Morgan fingerprint density at radius 3 is 1.97 bits per heavy atom. The molecule has 36 heavy (non-hydrogen) atoms.